The molecule has 0 radical (unpaired) electrons. The molecule has 1 rings (SSSR count). The molecule has 3 N–H and O–H groups in total. The fourth-order valence-electron chi connectivity index (χ4n) is 1.45. The van der Waals surface area contributed by atoms with Crippen molar-refractivity contribution >= 4 is 17.5 Å². The maximum atomic E-state index is 11.0. The van der Waals surface area contributed by atoms with E-state index in [4.69, 9.17) is 5.73 Å². The Labute approximate surface area is 88.1 Å². The molecule has 1 aliphatic carbocycles. The van der Waals surface area contributed by atoms with Crippen molar-refractivity contribution in [2.75, 3.05) is 0 Å². The Morgan fingerprint density at radius 1 is 1.57 bits per heavy atom. The van der Waals surface area contributed by atoms with E-state index in [1.54, 1.807) is 5.41 Å². The average molecular weight is 213 g/mol. The van der Waals surface area contributed by atoms with Crippen LogP contribution in [0.4, 0.5) is 0 Å². The van der Waals surface area contributed by atoms with Crippen molar-refractivity contribution in [1.82, 2.24) is 0 Å². The number of thioether (sulfide) groups is 1. The lowest BCUT2D eigenvalue weighted by atomic mass is 9.84. The Hall–Kier alpha value is -0.740. The summed E-state index contributed by atoms with van der Waals surface area (Å²) in [5, 5.41) is 11.8. The molecule has 0 aromatic rings. The number of aliphatic hydroxyl groups is 1. The molecule has 14 heavy (non-hydrogen) atoms. The summed E-state index contributed by atoms with van der Waals surface area (Å²) in [6, 6.07) is 0. The molecule has 0 unspecified atom stereocenters. The SMILES string of the molecule is C=C(S/C=C\N)C1(O)CCC(=O)CC1. The standard InChI is InChI=1S/C10H15NO2S/c1-8(14-7-6-11)10(13)4-2-9(12)3-5-10/h6-7,13H,1-5,11H2/b7-6-. The second kappa shape index (κ2) is 4.66. The molecule has 1 fully saturated rings. The van der Waals surface area contributed by atoms with Crippen LogP contribution in [0.5, 0.6) is 0 Å². The van der Waals surface area contributed by atoms with E-state index in [9.17, 15) is 9.90 Å². The highest BCUT2D eigenvalue weighted by Gasteiger charge is 2.34. The van der Waals surface area contributed by atoms with Crippen molar-refractivity contribution in [2.24, 2.45) is 5.73 Å². The minimum Gasteiger partial charge on any atom is -0.404 e. The molecule has 0 aromatic heterocycles. The summed E-state index contributed by atoms with van der Waals surface area (Å²) in [5.41, 5.74) is 4.30. The summed E-state index contributed by atoms with van der Waals surface area (Å²) in [5.74, 6) is 0.224. The van der Waals surface area contributed by atoms with Gasteiger partial charge in [0, 0.05) is 23.9 Å². The molecule has 1 aliphatic rings. The van der Waals surface area contributed by atoms with Gasteiger partial charge in [0.15, 0.2) is 0 Å². The molecule has 4 heteroatoms. The van der Waals surface area contributed by atoms with E-state index < -0.39 is 5.60 Å². The van der Waals surface area contributed by atoms with E-state index in [1.165, 1.54) is 18.0 Å². The van der Waals surface area contributed by atoms with E-state index in [2.05, 4.69) is 6.58 Å². The fourth-order valence-corrected chi connectivity index (χ4v) is 2.12. The average Bonchev–Trinajstić information content (AvgIpc) is 2.19. The van der Waals surface area contributed by atoms with Crippen molar-refractivity contribution in [1.29, 1.82) is 0 Å². The second-order valence-electron chi connectivity index (χ2n) is 3.44. The highest BCUT2D eigenvalue weighted by molar-refractivity contribution is 8.05. The number of carbonyl (C=O) groups excluding carboxylic acids is 1. The summed E-state index contributed by atoms with van der Waals surface area (Å²) >= 11 is 1.32. The number of ketones is 1. The van der Waals surface area contributed by atoms with Crippen LogP contribution in [0.25, 0.3) is 0 Å². The molecule has 0 bridgehead atoms. The zero-order valence-corrected chi connectivity index (χ0v) is 8.85. The smallest absolute Gasteiger partial charge is 0.133 e. The van der Waals surface area contributed by atoms with Gasteiger partial charge in [-0.2, -0.15) is 0 Å². The maximum absolute atomic E-state index is 11.0. The Morgan fingerprint density at radius 2 is 2.14 bits per heavy atom. The lowest BCUT2D eigenvalue weighted by Crippen LogP contribution is -2.34. The molecular weight excluding hydrogens is 198 g/mol. The Bertz CT molecular complexity index is 263. The zero-order valence-electron chi connectivity index (χ0n) is 8.03. The van der Waals surface area contributed by atoms with Gasteiger partial charge in [0.2, 0.25) is 0 Å². The summed E-state index contributed by atoms with van der Waals surface area (Å²) in [6.07, 6.45) is 3.27. The first-order valence-electron chi connectivity index (χ1n) is 4.55. The molecule has 78 valence electrons. The topological polar surface area (TPSA) is 63.3 Å². The number of Topliss-reactive ketones (excluding diaryl/α,β-unsaturated/α-hetero) is 1. The van der Waals surface area contributed by atoms with Gasteiger partial charge in [0.1, 0.15) is 5.78 Å². The molecule has 0 heterocycles. The van der Waals surface area contributed by atoms with Crippen molar-refractivity contribution in [3.63, 3.8) is 0 Å². The van der Waals surface area contributed by atoms with E-state index in [-0.39, 0.29) is 5.78 Å². The van der Waals surface area contributed by atoms with Gasteiger partial charge in [-0.3, -0.25) is 4.79 Å². The van der Waals surface area contributed by atoms with E-state index in [1.807, 2.05) is 0 Å². The van der Waals surface area contributed by atoms with E-state index >= 15 is 0 Å². The highest BCUT2D eigenvalue weighted by Crippen LogP contribution is 2.37. The van der Waals surface area contributed by atoms with Gasteiger partial charge in [0.25, 0.3) is 0 Å². The number of carbonyl (C=O) groups is 1. The molecule has 0 atom stereocenters. The summed E-state index contributed by atoms with van der Waals surface area (Å²) in [7, 11) is 0. The quantitative estimate of drug-likeness (QED) is 0.746. The number of hydrogen-bond acceptors (Lipinski definition) is 4. The Morgan fingerprint density at radius 3 is 2.64 bits per heavy atom. The molecule has 0 aliphatic heterocycles. The summed E-state index contributed by atoms with van der Waals surface area (Å²) in [6.45, 7) is 3.81. The van der Waals surface area contributed by atoms with E-state index in [0.29, 0.717) is 30.6 Å². The Balaban J connectivity index is 2.56. The van der Waals surface area contributed by atoms with Gasteiger partial charge in [-0.05, 0) is 18.2 Å². The maximum Gasteiger partial charge on any atom is 0.133 e. The first kappa shape index (κ1) is 11.3. The third kappa shape index (κ3) is 2.62. The van der Waals surface area contributed by atoms with Gasteiger partial charge in [-0.25, -0.2) is 0 Å². The van der Waals surface area contributed by atoms with Crippen LogP contribution in [0.3, 0.4) is 0 Å². The number of nitrogens with two attached hydrogens (primary N) is 1. The van der Waals surface area contributed by atoms with Crippen molar-refractivity contribution < 1.29 is 9.90 Å². The molecule has 0 aromatic carbocycles. The molecular formula is C10H15NO2S. The van der Waals surface area contributed by atoms with Gasteiger partial charge >= 0.3 is 0 Å². The van der Waals surface area contributed by atoms with Gasteiger partial charge in [-0.15, -0.1) is 0 Å². The predicted octanol–water partition coefficient (Wildman–Crippen LogP) is 1.54. The van der Waals surface area contributed by atoms with Gasteiger partial charge in [-0.1, -0.05) is 18.3 Å². The highest BCUT2D eigenvalue weighted by atomic mass is 32.2. The van der Waals surface area contributed by atoms with Crippen molar-refractivity contribution in [3.8, 4) is 0 Å². The normalized spacial score (nSPS) is 21.4. The zero-order chi connectivity index (χ0) is 10.6. The first-order valence-corrected chi connectivity index (χ1v) is 5.43. The molecule has 1 saturated carbocycles. The minimum absolute atomic E-state index is 0.224. The van der Waals surface area contributed by atoms with Gasteiger partial charge in [0.05, 0.1) is 5.60 Å². The van der Waals surface area contributed by atoms with Crippen LogP contribution in [0.1, 0.15) is 25.7 Å². The van der Waals surface area contributed by atoms with Crippen LogP contribution in [-0.2, 0) is 4.79 Å². The summed E-state index contributed by atoms with van der Waals surface area (Å²) < 4.78 is 0. The lowest BCUT2D eigenvalue weighted by molar-refractivity contribution is -0.123. The fraction of sp³-hybridized carbons (Fsp3) is 0.500. The van der Waals surface area contributed by atoms with Crippen LogP contribution in [0.15, 0.2) is 23.1 Å². The van der Waals surface area contributed by atoms with Crippen molar-refractivity contribution in [3.05, 3.63) is 23.1 Å². The van der Waals surface area contributed by atoms with Crippen LogP contribution >= 0.6 is 11.8 Å². The van der Waals surface area contributed by atoms with Crippen molar-refractivity contribution in [2.45, 2.75) is 31.3 Å². The predicted molar refractivity (Wildman–Crippen MR) is 58.5 cm³/mol. The van der Waals surface area contributed by atoms with Crippen LogP contribution in [-0.4, -0.2) is 16.5 Å². The largest absolute Gasteiger partial charge is 0.404 e. The summed E-state index contributed by atoms with van der Waals surface area (Å²) in [4.78, 5) is 11.7. The second-order valence-corrected chi connectivity index (χ2v) is 4.44. The van der Waals surface area contributed by atoms with Crippen LogP contribution in [0.2, 0.25) is 0 Å². The van der Waals surface area contributed by atoms with Crippen LogP contribution < -0.4 is 5.73 Å². The first-order chi connectivity index (χ1) is 6.58. The Kier molecular flexibility index (Phi) is 3.77. The monoisotopic (exact) mass is 213 g/mol. The molecule has 0 saturated heterocycles. The third-order valence-electron chi connectivity index (χ3n) is 2.44. The molecule has 3 nitrogen and oxygen atoms in total. The lowest BCUT2D eigenvalue weighted by Gasteiger charge is -2.32. The van der Waals surface area contributed by atoms with E-state index in [0.717, 1.165) is 0 Å². The minimum atomic E-state index is -0.891. The third-order valence-corrected chi connectivity index (χ3v) is 3.40. The molecule has 0 spiro atoms. The number of hydrogen-bond donors (Lipinski definition) is 2. The van der Waals surface area contributed by atoms with Gasteiger partial charge < -0.3 is 10.8 Å². The molecule has 0 amide bonds. The van der Waals surface area contributed by atoms with Crippen LogP contribution in [0, 0.1) is 0 Å². The number of rotatable bonds is 3.